The summed E-state index contributed by atoms with van der Waals surface area (Å²) in [4.78, 5) is 10.0. The lowest BCUT2D eigenvalue weighted by Gasteiger charge is -2.00. The minimum atomic E-state index is 0.683. The van der Waals surface area contributed by atoms with Crippen molar-refractivity contribution in [1.82, 2.24) is 0 Å². The molecule has 1 aromatic carbocycles. The summed E-state index contributed by atoms with van der Waals surface area (Å²) in [5, 5.41) is 2.60. The standard InChI is InChI=1S/C8H9NO.C2H7N/c1-7-4-2-3-5-8(7)9-6-10;1-2-3/h2-6H,1H3,(H,9,10);2-3H2,1H3. The second-order valence-corrected chi connectivity index (χ2v) is 2.49. The molecule has 1 rings (SSSR count). The van der Waals surface area contributed by atoms with E-state index in [9.17, 15) is 4.79 Å². The van der Waals surface area contributed by atoms with Crippen molar-refractivity contribution in [2.24, 2.45) is 5.73 Å². The molecule has 72 valence electrons. The van der Waals surface area contributed by atoms with E-state index in [1.165, 1.54) is 0 Å². The summed E-state index contributed by atoms with van der Waals surface area (Å²) in [5.74, 6) is 0. The van der Waals surface area contributed by atoms with Crippen molar-refractivity contribution in [2.75, 3.05) is 11.9 Å². The van der Waals surface area contributed by atoms with Crippen LogP contribution in [0.5, 0.6) is 0 Å². The molecular formula is C10H16N2O. The number of aryl methyl sites for hydroxylation is 1. The number of carbonyl (C=O) groups excluding carboxylic acids is 1. The van der Waals surface area contributed by atoms with Crippen LogP contribution in [-0.2, 0) is 4.79 Å². The van der Waals surface area contributed by atoms with Gasteiger partial charge in [-0.3, -0.25) is 4.79 Å². The van der Waals surface area contributed by atoms with E-state index in [4.69, 9.17) is 5.73 Å². The fraction of sp³-hybridized carbons (Fsp3) is 0.300. The van der Waals surface area contributed by atoms with E-state index >= 15 is 0 Å². The predicted molar refractivity (Wildman–Crippen MR) is 55.6 cm³/mol. The van der Waals surface area contributed by atoms with Crippen molar-refractivity contribution in [1.29, 1.82) is 0 Å². The third-order valence-electron chi connectivity index (χ3n) is 1.36. The van der Waals surface area contributed by atoms with E-state index < -0.39 is 0 Å². The summed E-state index contributed by atoms with van der Waals surface area (Å²) in [7, 11) is 0. The Labute approximate surface area is 78.9 Å². The van der Waals surface area contributed by atoms with Gasteiger partial charge in [0.15, 0.2) is 0 Å². The maximum absolute atomic E-state index is 10.0. The number of rotatable bonds is 2. The lowest BCUT2D eigenvalue weighted by Crippen LogP contribution is -1.94. The Hall–Kier alpha value is -1.35. The average molecular weight is 180 g/mol. The maximum Gasteiger partial charge on any atom is 0.211 e. The molecule has 0 aromatic heterocycles. The largest absolute Gasteiger partial charge is 0.331 e. The highest BCUT2D eigenvalue weighted by Gasteiger charge is 1.91. The predicted octanol–water partition coefficient (Wildman–Crippen LogP) is 1.53. The van der Waals surface area contributed by atoms with Crippen molar-refractivity contribution in [2.45, 2.75) is 13.8 Å². The Kier molecular flexibility index (Phi) is 6.55. The van der Waals surface area contributed by atoms with Crippen molar-refractivity contribution in [3.8, 4) is 0 Å². The quantitative estimate of drug-likeness (QED) is 0.678. The molecule has 0 aliphatic rings. The van der Waals surface area contributed by atoms with Crippen LogP contribution < -0.4 is 11.1 Å². The minimum absolute atomic E-state index is 0.683. The molecule has 3 heteroatoms. The smallest absolute Gasteiger partial charge is 0.211 e. The number of benzene rings is 1. The summed E-state index contributed by atoms with van der Waals surface area (Å²) in [6.45, 7) is 4.60. The number of nitrogens with two attached hydrogens (primary N) is 1. The molecule has 0 radical (unpaired) electrons. The highest BCUT2D eigenvalue weighted by Crippen LogP contribution is 2.11. The zero-order valence-corrected chi connectivity index (χ0v) is 8.08. The number of hydrogen-bond acceptors (Lipinski definition) is 2. The van der Waals surface area contributed by atoms with Crippen LogP contribution in [0.3, 0.4) is 0 Å². The van der Waals surface area contributed by atoms with Gasteiger partial charge in [-0.25, -0.2) is 0 Å². The lowest BCUT2D eigenvalue weighted by molar-refractivity contribution is -0.105. The van der Waals surface area contributed by atoms with Gasteiger partial charge < -0.3 is 11.1 Å². The highest BCUT2D eigenvalue weighted by molar-refractivity contribution is 5.72. The zero-order chi connectivity index (χ0) is 10.1. The van der Waals surface area contributed by atoms with Gasteiger partial charge in [-0.05, 0) is 25.1 Å². The molecule has 1 aromatic rings. The summed E-state index contributed by atoms with van der Waals surface area (Å²) in [6, 6.07) is 7.64. The van der Waals surface area contributed by atoms with E-state index in [1.54, 1.807) is 0 Å². The SMILES string of the molecule is CCN.Cc1ccccc1NC=O. The van der Waals surface area contributed by atoms with Crippen molar-refractivity contribution < 1.29 is 4.79 Å². The molecule has 0 aliphatic carbocycles. The number of anilines is 1. The first-order valence-electron chi connectivity index (χ1n) is 4.22. The van der Waals surface area contributed by atoms with Crippen molar-refractivity contribution >= 4 is 12.1 Å². The molecule has 3 N–H and O–H groups in total. The van der Waals surface area contributed by atoms with Gasteiger partial charge in [0, 0.05) is 5.69 Å². The molecule has 0 saturated heterocycles. The topological polar surface area (TPSA) is 55.1 Å². The molecule has 0 unspecified atom stereocenters. The van der Waals surface area contributed by atoms with Gasteiger partial charge in [-0.15, -0.1) is 0 Å². The molecule has 13 heavy (non-hydrogen) atoms. The summed E-state index contributed by atoms with van der Waals surface area (Å²) in [6.07, 6.45) is 0.683. The number of para-hydroxylation sites is 1. The van der Waals surface area contributed by atoms with E-state index in [1.807, 2.05) is 38.1 Å². The van der Waals surface area contributed by atoms with Gasteiger partial charge in [0.25, 0.3) is 0 Å². The zero-order valence-electron chi connectivity index (χ0n) is 8.08. The monoisotopic (exact) mass is 180 g/mol. The van der Waals surface area contributed by atoms with Crippen LogP contribution in [0.4, 0.5) is 5.69 Å². The van der Waals surface area contributed by atoms with E-state index in [0.717, 1.165) is 17.8 Å². The molecule has 0 saturated carbocycles. The summed E-state index contributed by atoms with van der Waals surface area (Å²) < 4.78 is 0. The molecule has 3 nitrogen and oxygen atoms in total. The second kappa shape index (κ2) is 7.31. The number of hydrogen-bond donors (Lipinski definition) is 2. The molecule has 0 heterocycles. The molecule has 0 atom stereocenters. The maximum atomic E-state index is 10.0. The third-order valence-corrected chi connectivity index (χ3v) is 1.36. The molecule has 0 bridgehead atoms. The van der Waals surface area contributed by atoms with Crippen LogP contribution in [0.15, 0.2) is 24.3 Å². The van der Waals surface area contributed by atoms with E-state index in [-0.39, 0.29) is 0 Å². The van der Waals surface area contributed by atoms with E-state index in [0.29, 0.717) is 6.41 Å². The molecule has 0 aliphatic heterocycles. The van der Waals surface area contributed by atoms with Crippen LogP contribution in [0.25, 0.3) is 0 Å². The summed E-state index contributed by atoms with van der Waals surface area (Å²) >= 11 is 0. The number of carbonyl (C=O) groups is 1. The van der Waals surface area contributed by atoms with Gasteiger partial charge in [-0.2, -0.15) is 0 Å². The number of amides is 1. The van der Waals surface area contributed by atoms with E-state index in [2.05, 4.69) is 5.32 Å². The van der Waals surface area contributed by atoms with Gasteiger partial charge in [0.2, 0.25) is 6.41 Å². The van der Waals surface area contributed by atoms with Crippen LogP contribution in [0, 0.1) is 6.92 Å². The van der Waals surface area contributed by atoms with Crippen LogP contribution in [0.1, 0.15) is 12.5 Å². The first-order valence-corrected chi connectivity index (χ1v) is 4.22. The summed E-state index contributed by atoms with van der Waals surface area (Å²) in [5.41, 5.74) is 6.80. The molecule has 0 spiro atoms. The molecule has 1 amide bonds. The fourth-order valence-electron chi connectivity index (χ4n) is 0.798. The minimum Gasteiger partial charge on any atom is -0.331 e. The normalized spacial score (nSPS) is 8.23. The van der Waals surface area contributed by atoms with Gasteiger partial charge >= 0.3 is 0 Å². The number of nitrogens with one attached hydrogen (secondary N) is 1. The Morgan fingerprint density at radius 2 is 2.00 bits per heavy atom. The van der Waals surface area contributed by atoms with Crippen LogP contribution in [-0.4, -0.2) is 13.0 Å². The van der Waals surface area contributed by atoms with Crippen molar-refractivity contribution in [3.05, 3.63) is 29.8 Å². The third kappa shape index (κ3) is 4.98. The Morgan fingerprint density at radius 3 is 2.46 bits per heavy atom. The molecular weight excluding hydrogens is 164 g/mol. The second-order valence-electron chi connectivity index (χ2n) is 2.49. The average Bonchev–Trinajstić information content (AvgIpc) is 2.11. The first-order chi connectivity index (χ1) is 6.26. The Balaban J connectivity index is 0.000000424. The van der Waals surface area contributed by atoms with Gasteiger partial charge in [0.1, 0.15) is 0 Å². The fourth-order valence-corrected chi connectivity index (χ4v) is 0.798. The first kappa shape index (κ1) is 11.6. The highest BCUT2D eigenvalue weighted by atomic mass is 16.1. The van der Waals surface area contributed by atoms with Gasteiger partial charge in [-0.1, -0.05) is 25.1 Å². The lowest BCUT2D eigenvalue weighted by atomic mass is 10.2. The molecule has 0 fully saturated rings. The Morgan fingerprint density at radius 1 is 1.46 bits per heavy atom. The van der Waals surface area contributed by atoms with Gasteiger partial charge in [0.05, 0.1) is 0 Å². The van der Waals surface area contributed by atoms with Crippen LogP contribution >= 0.6 is 0 Å². The van der Waals surface area contributed by atoms with Crippen molar-refractivity contribution in [3.63, 3.8) is 0 Å². The Bertz CT molecular complexity index is 248. The van der Waals surface area contributed by atoms with Crippen LogP contribution in [0.2, 0.25) is 0 Å².